The van der Waals surface area contributed by atoms with E-state index in [1.54, 1.807) is 6.07 Å². The number of nitrogens with two attached hydrogens (primary N) is 1. The Hall–Kier alpha value is -2.15. The van der Waals surface area contributed by atoms with Gasteiger partial charge in [-0.3, -0.25) is 14.9 Å². The third-order valence-corrected chi connectivity index (χ3v) is 2.79. The largest absolute Gasteiger partial charge is 0.374 e. The van der Waals surface area contributed by atoms with E-state index in [1.807, 2.05) is 19.0 Å². The van der Waals surface area contributed by atoms with Gasteiger partial charge in [-0.05, 0) is 26.1 Å². The lowest BCUT2D eigenvalue weighted by Crippen LogP contribution is -2.25. The Morgan fingerprint density at radius 2 is 2.21 bits per heavy atom. The fourth-order valence-corrected chi connectivity index (χ4v) is 1.78. The number of carbonyl (C=O) groups excluding carboxylic acids is 1. The lowest BCUT2D eigenvalue weighted by Gasteiger charge is -2.21. The summed E-state index contributed by atoms with van der Waals surface area (Å²) in [5.74, 6) is -0.667. The summed E-state index contributed by atoms with van der Waals surface area (Å²) in [5.41, 5.74) is 5.91. The van der Waals surface area contributed by atoms with E-state index in [-0.39, 0.29) is 11.3 Å². The van der Waals surface area contributed by atoms with Crippen molar-refractivity contribution in [3.05, 3.63) is 33.9 Å². The molecule has 0 saturated heterocycles. The molecule has 0 unspecified atom stereocenters. The van der Waals surface area contributed by atoms with E-state index >= 15 is 0 Å². The van der Waals surface area contributed by atoms with Gasteiger partial charge < -0.3 is 16.0 Å². The van der Waals surface area contributed by atoms with Gasteiger partial charge in [0.05, 0.1) is 10.5 Å². The minimum atomic E-state index is -0.667. The smallest absolute Gasteiger partial charge is 0.270 e. The van der Waals surface area contributed by atoms with Gasteiger partial charge in [-0.15, -0.1) is 0 Å². The summed E-state index contributed by atoms with van der Waals surface area (Å²) >= 11 is 0. The van der Waals surface area contributed by atoms with E-state index < -0.39 is 10.8 Å². The van der Waals surface area contributed by atoms with Crippen LogP contribution in [-0.4, -0.2) is 38.0 Å². The van der Waals surface area contributed by atoms with Gasteiger partial charge in [-0.1, -0.05) is 0 Å². The van der Waals surface area contributed by atoms with Crippen molar-refractivity contribution in [1.82, 2.24) is 5.32 Å². The molecule has 104 valence electrons. The van der Waals surface area contributed by atoms with Crippen LogP contribution in [-0.2, 0) is 0 Å². The number of primary amides is 1. The molecule has 0 aliphatic carbocycles. The van der Waals surface area contributed by atoms with Crippen LogP contribution >= 0.6 is 0 Å². The summed E-state index contributed by atoms with van der Waals surface area (Å²) in [6.07, 6.45) is 0.891. The summed E-state index contributed by atoms with van der Waals surface area (Å²) < 4.78 is 0. The molecule has 0 atom stereocenters. The number of benzene rings is 1. The second kappa shape index (κ2) is 6.69. The topological polar surface area (TPSA) is 102 Å². The van der Waals surface area contributed by atoms with Gasteiger partial charge in [0.25, 0.3) is 11.6 Å². The highest BCUT2D eigenvalue weighted by atomic mass is 16.6. The number of non-ortho nitro benzene ring substituents is 1. The highest BCUT2D eigenvalue weighted by molar-refractivity contribution is 5.99. The SMILES string of the molecule is CNCCCN(C)c1ccc([N+](=O)[O-])cc1C(N)=O. The first-order valence-corrected chi connectivity index (χ1v) is 5.91. The van der Waals surface area contributed by atoms with E-state index in [4.69, 9.17) is 5.73 Å². The number of anilines is 1. The molecule has 19 heavy (non-hydrogen) atoms. The molecule has 0 bridgehead atoms. The predicted octanol–water partition coefficient (Wildman–Crippen LogP) is 0.739. The quantitative estimate of drug-likeness (QED) is 0.430. The molecule has 0 aromatic heterocycles. The standard InChI is InChI=1S/C12H18N4O3/c1-14-6-3-7-15(2)11-5-4-9(16(18)19)8-10(11)12(13)17/h4-5,8,14H,3,6-7H2,1-2H3,(H2,13,17). The van der Waals surface area contributed by atoms with Crippen LogP contribution in [0.5, 0.6) is 0 Å². The predicted molar refractivity (Wildman–Crippen MR) is 73.4 cm³/mol. The first kappa shape index (κ1) is 14.9. The number of nitrogens with zero attached hydrogens (tertiary/aromatic N) is 2. The van der Waals surface area contributed by atoms with Crippen LogP contribution in [0, 0.1) is 10.1 Å². The maximum Gasteiger partial charge on any atom is 0.270 e. The summed E-state index contributed by atoms with van der Waals surface area (Å²) in [6, 6.07) is 4.14. The lowest BCUT2D eigenvalue weighted by atomic mass is 10.1. The number of nitro benzene ring substituents is 1. The zero-order chi connectivity index (χ0) is 14.4. The average Bonchev–Trinajstić information content (AvgIpc) is 2.38. The number of nitro groups is 1. The molecule has 7 heteroatoms. The van der Waals surface area contributed by atoms with Crippen molar-refractivity contribution in [1.29, 1.82) is 0 Å². The Morgan fingerprint density at radius 3 is 2.74 bits per heavy atom. The molecular formula is C12H18N4O3. The lowest BCUT2D eigenvalue weighted by molar-refractivity contribution is -0.384. The highest BCUT2D eigenvalue weighted by Gasteiger charge is 2.16. The van der Waals surface area contributed by atoms with Crippen molar-refractivity contribution in [3.8, 4) is 0 Å². The van der Waals surface area contributed by atoms with E-state index in [0.29, 0.717) is 5.69 Å². The molecule has 0 heterocycles. The summed E-state index contributed by atoms with van der Waals surface area (Å²) in [6.45, 7) is 1.57. The van der Waals surface area contributed by atoms with Gasteiger partial charge in [0.2, 0.25) is 0 Å². The van der Waals surface area contributed by atoms with Crippen LogP contribution in [0.1, 0.15) is 16.8 Å². The number of nitrogens with one attached hydrogen (secondary N) is 1. The second-order valence-corrected chi connectivity index (χ2v) is 4.20. The second-order valence-electron chi connectivity index (χ2n) is 4.20. The number of rotatable bonds is 7. The van der Waals surface area contributed by atoms with Gasteiger partial charge in [0.15, 0.2) is 0 Å². The van der Waals surface area contributed by atoms with Crippen LogP contribution in [0.25, 0.3) is 0 Å². The fraction of sp³-hybridized carbons (Fsp3) is 0.417. The third-order valence-electron chi connectivity index (χ3n) is 2.79. The first-order valence-electron chi connectivity index (χ1n) is 5.91. The average molecular weight is 266 g/mol. The number of amides is 1. The molecule has 3 N–H and O–H groups in total. The normalized spacial score (nSPS) is 10.2. The maximum absolute atomic E-state index is 11.4. The van der Waals surface area contributed by atoms with E-state index in [1.165, 1.54) is 12.1 Å². The molecule has 0 fully saturated rings. The van der Waals surface area contributed by atoms with Crippen molar-refractivity contribution in [3.63, 3.8) is 0 Å². The van der Waals surface area contributed by atoms with Crippen LogP contribution in [0.15, 0.2) is 18.2 Å². The highest BCUT2D eigenvalue weighted by Crippen LogP contribution is 2.24. The van der Waals surface area contributed by atoms with Crippen molar-refractivity contribution < 1.29 is 9.72 Å². The van der Waals surface area contributed by atoms with E-state index in [9.17, 15) is 14.9 Å². The Morgan fingerprint density at radius 1 is 1.53 bits per heavy atom. The minimum absolute atomic E-state index is 0.138. The molecule has 1 aromatic rings. The van der Waals surface area contributed by atoms with Crippen LogP contribution in [0.3, 0.4) is 0 Å². The Bertz CT molecular complexity index is 476. The molecule has 1 amide bonds. The summed E-state index contributed by atoms with van der Waals surface area (Å²) in [5, 5.41) is 13.7. The van der Waals surface area contributed by atoms with Crippen molar-refractivity contribution in [2.75, 3.05) is 32.1 Å². The first-order chi connectivity index (χ1) is 8.97. The third kappa shape index (κ3) is 3.92. The van der Waals surface area contributed by atoms with Crippen molar-refractivity contribution >= 4 is 17.3 Å². The van der Waals surface area contributed by atoms with Gasteiger partial charge in [-0.25, -0.2) is 0 Å². The Labute approximate surface area is 111 Å². The van der Waals surface area contributed by atoms with Gasteiger partial charge in [-0.2, -0.15) is 0 Å². The van der Waals surface area contributed by atoms with Crippen LogP contribution < -0.4 is 16.0 Å². The van der Waals surface area contributed by atoms with Gasteiger partial charge in [0, 0.05) is 31.4 Å². The summed E-state index contributed by atoms with van der Waals surface area (Å²) in [7, 11) is 3.68. The number of carbonyl (C=O) groups is 1. The molecule has 1 aromatic carbocycles. The molecule has 0 spiro atoms. The number of hydrogen-bond donors (Lipinski definition) is 2. The minimum Gasteiger partial charge on any atom is -0.374 e. The van der Waals surface area contributed by atoms with E-state index in [2.05, 4.69) is 5.32 Å². The molecule has 7 nitrogen and oxygen atoms in total. The van der Waals surface area contributed by atoms with Gasteiger partial charge in [0.1, 0.15) is 0 Å². The van der Waals surface area contributed by atoms with Crippen LogP contribution in [0.2, 0.25) is 0 Å². The van der Waals surface area contributed by atoms with E-state index in [0.717, 1.165) is 19.5 Å². The Balaban J connectivity index is 2.99. The molecule has 0 saturated carbocycles. The Kier molecular flexibility index (Phi) is 5.25. The maximum atomic E-state index is 11.4. The zero-order valence-electron chi connectivity index (χ0n) is 11.0. The number of hydrogen-bond acceptors (Lipinski definition) is 5. The fourth-order valence-electron chi connectivity index (χ4n) is 1.78. The molecule has 0 aliphatic heterocycles. The van der Waals surface area contributed by atoms with Crippen molar-refractivity contribution in [2.24, 2.45) is 5.73 Å². The molecule has 0 aliphatic rings. The molecule has 0 radical (unpaired) electrons. The zero-order valence-corrected chi connectivity index (χ0v) is 11.0. The molecule has 1 rings (SSSR count). The van der Waals surface area contributed by atoms with Crippen LogP contribution in [0.4, 0.5) is 11.4 Å². The monoisotopic (exact) mass is 266 g/mol. The summed E-state index contributed by atoms with van der Waals surface area (Å²) in [4.78, 5) is 23.4. The van der Waals surface area contributed by atoms with Crippen molar-refractivity contribution in [2.45, 2.75) is 6.42 Å². The van der Waals surface area contributed by atoms with Gasteiger partial charge >= 0.3 is 0 Å². The molecular weight excluding hydrogens is 248 g/mol.